The van der Waals surface area contributed by atoms with Gasteiger partial charge in [-0.1, -0.05) is 47.5 Å². The van der Waals surface area contributed by atoms with Gasteiger partial charge in [-0.2, -0.15) is 0 Å². The smallest absolute Gasteiger partial charge is 0.310 e. The van der Waals surface area contributed by atoms with Gasteiger partial charge >= 0.3 is 5.97 Å². The van der Waals surface area contributed by atoms with Crippen LogP contribution in [0.4, 0.5) is 5.69 Å². The summed E-state index contributed by atoms with van der Waals surface area (Å²) < 4.78 is 4.92. The number of hydrogen-bond acceptors (Lipinski definition) is 3. The number of nitrogens with one attached hydrogen (secondary N) is 1. The van der Waals surface area contributed by atoms with Crippen LogP contribution in [0.15, 0.2) is 48.5 Å². The maximum atomic E-state index is 11.7. The minimum Gasteiger partial charge on any atom is -0.455 e. The first-order valence-electron chi connectivity index (χ1n) is 6.49. The molecule has 4 nitrogen and oxygen atoms in total. The number of carbonyl (C=O) groups is 2. The summed E-state index contributed by atoms with van der Waals surface area (Å²) in [4.78, 5) is 23.4. The highest BCUT2D eigenvalue weighted by atomic mass is 35.5. The average Bonchev–Trinajstić information content (AvgIpc) is 2.48. The Kier molecular flexibility index (Phi) is 5.81. The van der Waals surface area contributed by atoms with Gasteiger partial charge in [0.1, 0.15) is 0 Å². The molecule has 2 aromatic carbocycles. The highest BCUT2D eigenvalue weighted by Gasteiger charge is 2.10. The van der Waals surface area contributed by atoms with Gasteiger partial charge in [0.25, 0.3) is 5.91 Å². The number of rotatable bonds is 5. The van der Waals surface area contributed by atoms with Gasteiger partial charge in [-0.3, -0.25) is 9.59 Å². The van der Waals surface area contributed by atoms with Crippen LogP contribution in [0.2, 0.25) is 10.0 Å². The van der Waals surface area contributed by atoms with Gasteiger partial charge in [0.15, 0.2) is 6.61 Å². The molecule has 0 atom stereocenters. The molecule has 6 heteroatoms. The second-order valence-electron chi connectivity index (χ2n) is 4.49. The van der Waals surface area contributed by atoms with E-state index in [2.05, 4.69) is 5.32 Å². The van der Waals surface area contributed by atoms with Crippen molar-refractivity contribution in [3.05, 3.63) is 64.1 Å². The van der Waals surface area contributed by atoms with Crippen LogP contribution in [0, 0.1) is 0 Å². The summed E-state index contributed by atoms with van der Waals surface area (Å²) in [6.45, 7) is -0.365. The van der Waals surface area contributed by atoms with Crippen molar-refractivity contribution < 1.29 is 14.3 Å². The third kappa shape index (κ3) is 5.06. The van der Waals surface area contributed by atoms with Crippen molar-refractivity contribution in [1.82, 2.24) is 0 Å². The average molecular weight is 338 g/mol. The summed E-state index contributed by atoms with van der Waals surface area (Å²) >= 11 is 11.8. The summed E-state index contributed by atoms with van der Waals surface area (Å²) in [5.74, 6) is -0.955. The highest BCUT2D eigenvalue weighted by Crippen LogP contribution is 2.16. The van der Waals surface area contributed by atoms with E-state index in [1.165, 1.54) is 0 Å². The van der Waals surface area contributed by atoms with Gasteiger partial charge in [0.2, 0.25) is 0 Å². The largest absolute Gasteiger partial charge is 0.455 e. The van der Waals surface area contributed by atoms with Crippen LogP contribution in [0.3, 0.4) is 0 Å². The van der Waals surface area contributed by atoms with Gasteiger partial charge in [-0.05, 0) is 29.8 Å². The van der Waals surface area contributed by atoms with Crippen molar-refractivity contribution in [2.24, 2.45) is 0 Å². The Morgan fingerprint density at radius 3 is 2.55 bits per heavy atom. The van der Waals surface area contributed by atoms with E-state index < -0.39 is 11.9 Å². The van der Waals surface area contributed by atoms with Gasteiger partial charge in [-0.25, -0.2) is 0 Å². The summed E-state index contributed by atoms with van der Waals surface area (Å²) in [6, 6.07) is 13.7. The third-order valence-corrected chi connectivity index (χ3v) is 3.37. The first-order valence-corrected chi connectivity index (χ1v) is 7.24. The number of anilines is 1. The predicted molar refractivity (Wildman–Crippen MR) is 86.2 cm³/mol. The molecule has 0 saturated heterocycles. The zero-order chi connectivity index (χ0) is 15.9. The molecule has 2 rings (SSSR count). The lowest BCUT2D eigenvalue weighted by atomic mass is 10.1. The molecule has 0 spiro atoms. The molecule has 0 aliphatic heterocycles. The van der Waals surface area contributed by atoms with E-state index in [0.717, 1.165) is 0 Å². The summed E-state index contributed by atoms with van der Waals surface area (Å²) in [6.07, 6.45) is 0.0180. The van der Waals surface area contributed by atoms with Crippen molar-refractivity contribution in [3.63, 3.8) is 0 Å². The summed E-state index contributed by atoms with van der Waals surface area (Å²) in [5.41, 5.74) is 1.20. The standard InChI is InChI=1S/C16H13Cl2NO3/c17-12-5-3-6-13(9-12)19-15(20)10-22-16(21)8-11-4-1-2-7-14(11)18/h1-7,9H,8,10H2,(H,19,20). The Morgan fingerprint density at radius 1 is 1.05 bits per heavy atom. The Labute approximate surface area is 138 Å². The van der Waals surface area contributed by atoms with Gasteiger partial charge in [0.05, 0.1) is 6.42 Å². The van der Waals surface area contributed by atoms with Crippen molar-refractivity contribution in [2.75, 3.05) is 11.9 Å². The quantitative estimate of drug-likeness (QED) is 0.846. The molecule has 0 heterocycles. The van der Waals surface area contributed by atoms with Crippen LogP contribution >= 0.6 is 23.2 Å². The van der Waals surface area contributed by atoms with Crippen LogP contribution < -0.4 is 5.32 Å². The minimum atomic E-state index is -0.519. The molecule has 1 N–H and O–H groups in total. The second-order valence-corrected chi connectivity index (χ2v) is 5.33. The van der Waals surface area contributed by atoms with E-state index in [9.17, 15) is 9.59 Å². The lowest BCUT2D eigenvalue weighted by Gasteiger charge is -2.07. The summed E-state index contributed by atoms with van der Waals surface area (Å²) in [5, 5.41) is 3.58. The molecule has 0 radical (unpaired) electrons. The molecule has 22 heavy (non-hydrogen) atoms. The van der Waals surface area contributed by atoms with E-state index in [0.29, 0.717) is 21.3 Å². The molecule has 0 unspecified atom stereocenters. The molecule has 0 aromatic heterocycles. The number of carbonyl (C=O) groups excluding carboxylic acids is 2. The molecular formula is C16H13Cl2NO3. The molecule has 0 aliphatic rings. The normalized spacial score (nSPS) is 10.1. The first-order chi connectivity index (χ1) is 10.5. The van der Waals surface area contributed by atoms with Gasteiger partial charge in [-0.15, -0.1) is 0 Å². The lowest BCUT2D eigenvalue weighted by molar-refractivity contribution is -0.146. The second kappa shape index (κ2) is 7.82. The SMILES string of the molecule is O=C(COC(=O)Cc1ccccc1Cl)Nc1cccc(Cl)c1. The Bertz CT molecular complexity index is 689. The van der Waals surface area contributed by atoms with Crippen molar-refractivity contribution in [2.45, 2.75) is 6.42 Å². The van der Waals surface area contributed by atoms with E-state index in [-0.39, 0.29) is 13.0 Å². The Balaban J connectivity index is 1.81. The lowest BCUT2D eigenvalue weighted by Crippen LogP contribution is -2.21. The maximum Gasteiger partial charge on any atom is 0.310 e. The van der Waals surface area contributed by atoms with E-state index >= 15 is 0 Å². The number of amides is 1. The number of esters is 1. The fourth-order valence-electron chi connectivity index (χ4n) is 1.76. The molecule has 0 saturated carbocycles. The minimum absolute atomic E-state index is 0.0180. The maximum absolute atomic E-state index is 11.7. The van der Waals surface area contributed by atoms with Crippen LogP contribution in [0.5, 0.6) is 0 Å². The Morgan fingerprint density at radius 2 is 1.82 bits per heavy atom. The number of benzene rings is 2. The van der Waals surface area contributed by atoms with Crippen LogP contribution in [-0.4, -0.2) is 18.5 Å². The van der Waals surface area contributed by atoms with E-state index in [4.69, 9.17) is 27.9 Å². The third-order valence-electron chi connectivity index (χ3n) is 2.77. The zero-order valence-electron chi connectivity index (χ0n) is 11.5. The number of ether oxygens (including phenoxy) is 1. The number of hydrogen-bond donors (Lipinski definition) is 1. The molecule has 1 amide bonds. The molecule has 114 valence electrons. The van der Waals surface area contributed by atoms with Crippen molar-refractivity contribution in [1.29, 1.82) is 0 Å². The summed E-state index contributed by atoms with van der Waals surface area (Å²) in [7, 11) is 0. The predicted octanol–water partition coefficient (Wildman–Crippen LogP) is 3.72. The monoisotopic (exact) mass is 337 g/mol. The van der Waals surface area contributed by atoms with Crippen molar-refractivity contribution >= 4 is 40.8 Å². The van der Waals surface area contributed by atoms with Gasteiger partial charge < -0.3 is 10.1 Å². The molecule has 0 fully saturated rings. The molecular weight excluding hydrogens is 325 g/mol. The topological polar surface area (TPSA) is 55.4 Å². The molecule has 2 aromatic rings. The van der Waals surface area contributed by atoms with Crippen molar-refractivity contribution in [3.8, 4) is 0 Å². The first kappa shape index (κ1) is 16.3. The fraction of sp³-hybridized carbons (Fsp3) is 0.125. The Hall–Kier alpha value is -2.04. The van der Waals surface area contributed by atoms with Crippen LogP contribution in [0.1, 0.15) is 5.56 Å². The molecule has 0 bridgehead atoms. The van der Waals surface area contributed by atoms with E-state index in [1.54, 1.807) is 48.5 Å². The zero-order valence-corrected chi connectivity index (χ0v) is 13.0. The van der Waals surface area contributed by atoms with Crippen LogP contribution in [0.25, 0.3) is 0 Å². The van der Waals surface area contributed by atoms with E-state index in [1.807, 2.05) is 0 Å². The highest BCUT2D eigenvalue weighted by molar-refractivity contribution is 6.31. The number of halogens is 2. The van der Waals surface area contributed by atoms with Crippen LogP contribution in [-0.2, 0) is 20.7 Å². The van der Waals surface area contributed by atoms with Gasteiger partial charge in [0, 0.05) is 15.7 Å². The molecule has 0 aliphatic carbocycles. The fourth-order valence-corrected chi connectivity index (χ4v) is 2.15.